The molecule has 2 aliphatic heterocycles. The molecule has 2 aliphatic rings. The number of para-hydroxylation sites is 2. The SMILES string of the molecule is C=CC(=O)N1CCN(CC(O)CN2CC[C@H](Nc3nc(C)cc(C(F)(F)F)c3C#N)C(=O)N(C)c3ccccc32)CC1. The molecule has 2 atom stereocenters. The van der Waals surface area contributed by atoms with E-state index in [1.165, 1.54) is 17.9 Å². The molecule has 2 amide bonds. The molecule has 1 fully saturated rings. The standard InChI is InChI=1S/C29H34F3N7O3/c1-4-26(41)38-13-11-37(12-14-38)17-20(40)18-39-10-9-23(28(42)36(3)24-7-5-6-8-25(24)39)35-27-21(16-33)22(29(30,31)32)15-19(2)34-27/h4-8,15,20,23,40H,1,9-14,17-18H2,2-3H3,(H,34,35)/t20?,23-/m0/s1. The fourth-order valence-electron chi connectivity index (χ4n) is 5.39. The van der Waals surface area contributed by atoms with E-state index in [2.05, 4.69) is 21.8 Å². The van der Waals surface area contributed by atoms with E-state index in [4.69, 9.17) is 0 Å². The van der Waals surface area contributed by atoms with E-state index >= 15 is 0 Å². The normalized spacial score (nSPS) is 18.9. The second-order valence-corrected chi connectivity index (χ2v) is 10.4. The van der Waals surface area contributed by atoms with Gasteiger partial charge in [-0.05, 0) is 37.6 Å². The van der Waals surface area contributed by atoms with Crippen molar-refractivity contribution in [2.24, 2.45) is 0 Å². The summed E-state index contributed by atoms with van der Waals surface area (Å²) in [4.78, 5) is 36.7. The summed E-state index contributed by atoms with van der Waals surface area (Å²) in [6.07, 6.45) is -4.06. The van der Waals surface area contributed by atoms with Crippen molar-refractivity contribution in [3.63, 3.8) is 0 Å². The highest BCUT2D eigenvalue weighted by Gasteiger charge is 2.37. The lowest BCUT2D eigenvalue weighted by atomic mass is 10.0. The maximum absolute atomic E-state index is 13.7. The number of aryl methyl sites for hydroxylation is 1. The zero-order valence-electron chi connectivity index (χ0n) is 23.6. The van der Waals surface area contributed by atoms with E-state index < -0.39 is 35.4 Å². The van der Waals surface area contributed by atoms with Crippen LogP contribution in [0.25, 0.3) is 0 Å². The van der Waals surface area contributed by atoms with E-state index in [0.29, 0.717) is 45.0 Å². The summed E-state index contributed by atoms with van der Waals surface area (Å²) in [6, 6.07) is 8.65. The molecule has 0 radical (unpaired) electrons. The number of piperazine rings is 1. The van der Waals surface area contributed by atoms with E-state index in [-0.39, 0.29) is 30.4 Å². The number of aliphatic hydroxyl groups excluding tert-OH is 1. The summed E-state index contributed by atoms with van der Waals surface area (Å²) >= 11 is 0. The second-order valence-electron chi connectivity index (χ2n) is 10.4. The van der Waals surface area contributed by atoms with Crippen molar-refractivity contribution in [1.29, 1.82) is 5.26 Å². The number of nitrogens with one attached hydrogen (secondary N) is 1. The van der Waals surface area contributed by atoms with Crippen LogP contribution in [0.15, 0.2) is 43.0 Å². The van der Waals surface area contributed by atoms with Crippen LogP contribution >= 0.6 is 0 Å². The van der Waals surface area contributed by atoms with Crippen LogP contribution < -0.4 is 15.1 Å². The largest absolute Gasteiger partial charge is 0.417 e. The van der Waals surface area contributed by atoms with E-state index in [9.17, 15) is 33.1 Å². The summed E-state index contributed by atoms with van der Waals surface area (Å²) in [7, 11) is 1.58. The number of rotatable bonds is 7. The Morgan fingerprint density at radius 1 is 1.21 bits per heavy atom. The molecule has 1 aromatic heterocycles. The molecule has 13 heteroatoms. The smallest absolute Gasteiger partial charge is 0.390 e. The van der Waals surface area contributed by atoms with Gasteiger partial charge < -0.3 is 25.1 Å². The van der Waals surface area contributed by atoms with E-state index in [0.717, 1.165) is 11.8 Å². The zero-order chi connectivity index (χ0) is 30.6. The quantitative estimate of drug-likeness (QED) is 0.477. The molecule has 1 aromatic carbocycles. The lowest BCUT2D eigenvalue weighted by Gasteiger charge is -2.38. The fourth-order valence-corrected chi connectivity index (χ4v) is 5.39. The highest BCUT2D eigenvalue weighted by molar-refractivity contribution is 6.01. The number of β-amino-alcohol motifs (C(OH)–C–C–N with tert-alkyl or cyclic N) is 1. The summed E-state index contributed by atoms with van der Waals surface area (Å²) in [5, 5.41) is 23.5. The first-order valence-corrected chi connectivity index (χ1v) is 13.6. The number of hydrogen-bond donors (Lipinski definition) is 2. The first-order valence-electron chi connectivity index (χ1n) is 13.6. The number of anilines is 3. The number of nitriles is 1. The number of amides is 2. The highest BCUT2D eigenvalue weighted by Crippen LogP contribution is 2.36. The van der Waals surface area contributed by atoms with Crippen LogP contribution in [-0.4, -0.2) is 96.7 Å². The molecule has 0 saturated carbocycles. The molecule has 1 unspecified atom stereocenters. The van der Waals surface area contributed by atoms with Crippen LogP contribution in [0.5, 0.6) is 0 Å². The third-order valence-electron chi connectivity index (χ3n) is 7.53. The first-order chi connectivity index (χ1) is 19.9. The molecule has 0 aliphatic carbocycles. The summed E-state index contributed by atoms with van der Waals surface area (Å²) < 4.78 is 41.0. The van der Waals surface area contributed by atoms with Crippen LogP contribution in [0.1, 0.15) is 23.2 Å². The number of benzene rings is 1. The third kappa shape index (κ3) is 6.83. The van der Waals surface area contributed by atoms with Crippen LogP contribution in [0.3, 0.4) is 0 Å². The van der Waals surface area contributed by atoms with Gasteiger partial charge in [0, 0.05) is 58.6 Å². The number of aromatic nitrogens is 1. The van der Waals surface area contributed by atoms with Gasteiger partial charge in [-0.15, -0.1) is 0 Å². The molecule has 2 aromatic rings. The maximum atomic E-state index is 13.7. The number of nitrogens with zero attached hydrogens (tertiary/aromatic N) is 6. The molecule has 0 bridgehead atoms. The van der Waals surface area contributed by atoms with Gasteiger partial charge in [0.1, 0.15) is 23.5 Å². The van der Waals surface area contributed by atoms with Gasteiger partial charge in [-0.2, -0.15) is 18.4 Å². The number of halogens is 3. The average Bonchev–Trinajstić information content (AvgIpc) is 2.96. The minimum absolute atomic E-state index is 0.0558. The van der Waals surface area contributed by atoms with Gasteiger partial charge in [0.2, 0.25) is 11.8 Å². The third-order valence-corrected chi connectivity index (χ3v) is 7.53. The summed E-state index contributed by atoms with van der Waals surface area (Å²) in [6.45, 7) is 8.14. The minimum atomic E-state index is -4.77. The average molecular weight is 586 g/mol. The lowest BCUT2D eigenvalue weighted by molar-refractivity contribution is -0.137. The molecule has 224 valence electrons. The van der Waals surface area contributed by atoms with Crippen molar-refractivity contribution in [3.8, 4) is 6.07 Å². The number of pyridine rings is 1. The number of likely N-dealkylation sites (N-methyl/N-ethyl adjacent to an activating group) is 1. The van der Waals surface area contributed by atoms with Crippen molar-refractivity contribution in [3.05, 3.63) is 59.8 Å². The van der Waals surface area contributed by atoms with E-state index in [1.54, 1.807) is 30.1 Å². The van der Waals surface area contributed by atoms with Crippen LogP contribution in [0.4, 0.5) is 30.4 Å². The van der Waals surface area contributed by atoms with Gasteiger partial charge in [0.25, 0.3) is 0 Å². The molecule has 4 rings (SSSR count). The topological polar surface area (TPSA) is 116 Å². The monoisotopic (exact) mass is 585 g/mol. The van der Waals surface area contributed by atoms with Crippen LogP contribution in [0, 0.1) is 18.3 Å². The molecule has 10 nitrogen and oxygen atoms in total. The Morgan fingerprint density at radius 3 is 2.50 bits per heavy atom. The molecule has 1 saturated heterocycles. The van der Waals surface area contributed by atoms with Gasteiger partial charge in [0.15, 0.2) is 0 Å². The Bertz CT molecular complexity index is 1370. The van der Waals surface area contributed by atoms with Gasteiger partial charge in [-0.3, -0.25) is 14.5 Å². The van der Waals surface area contributed by atoms with E-state index in [1.807, 2.05) is 17.0 Å². The molecule has 42 heavy (non-hydrogen) atoms. The van der Waals surface area contributed by atoms with Crippen molar-refractivity contribution < 1.29 is 27.9 Å². The molecule has 2 N–H and O–H groups in total. The lowest BCUT2D eigenvalue weighted by Crippen LogP contribution is -2.52. The Labute approximate surface area is 242 Å². The maximum Gasteiger partial charge on any atom is 0.417 e. The molecular weight excluding hydrogens is 551 g/mol. The Kier molecular flexibility index (Phi) is 9.38. The minimum Gasteiger partial charge on any atom is -0.390 e. The highest BCUT2D eigenvalue weighted by atomic mass is 19.4. The number of fused-ring (bicyclic) bond motifs is 1. The van der Waals surface area contributed by atoms with Crippen molar-refractivity contribution in [2.45, 2.75) is 31.7 Å². The van der Waals surface area contributed by atoms with Gasteiger partial charge in [-0.1, -0.05) is 18.7 Å². The molecule has 3 heterocycles. The predicted octanol–water partition coefficient (Wildman–Crippen LogP) is 2.63. The first kappa shape index (κ1) is 30.8. The Hall–Kier alpha value is -4.15. The predicted molar refractivity (Wildman–Crippen MR) is 152 cm³/mol. The van der Waals surface area contributed by atoms with Crippen molar-refractivity contribution in [1.82, 2.24) is 14.8 Å². The zero-order valence-corrected chi connectivity index (χ0v) is 23.6. The summed E-state index contributed by atoms with van der Waals surface area (Å²) in [5.74, 6) is -0.812. The van der Waals surface area contributed by atoms with Crippen LogP contribution in [0.2, 0.25) is 0 Å². The summed E-state index contributed by atoms with van der Waals surface area (Å²) in [5.41, 5.74) is -0.422. The van der Waals surface area contributed by atoms with Gasteiger partial charge in [-0.25, -0.2) is 4.98 Å². The number of carbonyl (C=O) groups is 2. The Balaban J connectivity index is 1.54. The second kappa shape index (κ2) is 12.8. The van der Waals surface area contributed by atoms with Gasteiger partial charge >= 0.3 is 6.18 Å². The van der Waals surface area contributed by atoms with Crippen molar-refractivity contribution in [2.75, 3.05) is 68.0 Å². The number of alkyl halides is 3. The Morgan fingerprint density at radius 2 is 1.88 bits per heavy atom. The van der Waals surface area contributed by atoms with Crippen molar-refractivity contribution >= 4 is 29.0 Å². The fraction of sp³-hybridized carbons (Fsp3) is 0.448. The molecule has 0 spiro atoms. The van der Waals surface area contributed by atoms with Crippen LogP contribution in [-0.2, 0) is 15.8 Å². The number of carbonyl (C=O) groups excluding carboxylic acids is 2. The number of hydrogen-bond acceptors (Lipinski definition) is 8. The molecular formula is C29H34F3N7O3. The number of aliphatic hydroxyl groups is 1. The van der Waals surface area contributed by atoms with Gasteiger partial charge in [0.05, 0.1) is 23.0 Å².